The molecule has 2 unspecified atom stereocenters. The van der Waals surface area contributed by atoms with E-state index in [0.29, 0.717) is 18.1 Å². The van der Waals surface area contributed by atoms with Crippen LogP contribution in [-0.4, -0.2) is 48.3 Å². The van der Waals surface area contributed by atoms with Gasteiger partial charge in [0.05, 0.1) is 23.8 Å². The average Bonchev–Trinajstić information content (AvgIpc) is 3.05. The molecule has 0 aliphatic carbocycles. The van der Waals surface area contributed by atoms with Crippen LogP contribution in [0.3, 0.4) is 0 Å². The van der Waals surface area contributed by atoms with Crippen molar-refractivity contribution in [2.75, 3.05) is 27.7 Å². The van der Waals surface area contributed by atoms with Crippen LogP contribution in [0.1, 0.15) is 35.7 Å². The summed E-state index contributed by atoms with van der Waals surface area (Å²) in [4.78, 5) is 6.25. The molecule has 2 atom stereocenters. The van der Waals surface area contributed by atoms with Crippen LogP contribution in [0, 0.1) is 0 Å². The molecule has 0 bridgehead atoms. The number of hydrogen-bond donors (Lipinski definition) is 2. The summed E-state index contributed by atoms with van der Waals surface area (Å²) < 4.78 is 40.6. The lowest BCUT2D eigenvalue weighted by molar-refractivity contribution is -0.137. The Hall–Kier alpha value is -1.82. The van der Waals surface area contributed by atoms with Crippen molar-refractivity contribution in [3.05, 3.63) is 53.3 Å². The van der Waals surface area contributed by atoms with Crippen LogP contribution in [0.4, 0.5) is 13.2 Å². The number of aliphatic imine (C=N–C) groups is 1. The van der Waals surface area contributed by atoms with E-state index in [-0.39, 0.29) is 36.1 Å². The first-order valence-corrected chi connectivity index (χ1v) is 8.91. The minimum absolute atomic E-state index is 0. The van der Waals surface area contributed by atoms with Gasteiger partial charge < -0.3 is 15.5 Å². The topological polar surface area (TPSA) is 57.5 Å². The van der Waals surface area contributed by atoms with Gasteiger partial charge >= 0.3 is 6.18 Å². The highest BCUT2D eigenvalue weighted by molar-refractivity contribution is 14.0. The summed E-state index contributed by atoms with van der Waals surface area (Å²) >= 11 is 0. The molecular weight excluding hydrogens is 496 g/mol. The van der Waals surface area contributed by atoms with E-state index in [1.807, 2.05) is 33.5 Å². The zero-order valence-corrected chi connectivity index (χ0v) is 19.5. The molecule has 2 N–H and O–H groups in total. The Kier molecular flexibility index (Phi) is 9.40. The molecule has 2 rings (SSSR count). The minimum Gasteiger partial charge on any atom is -0.354 e. The first kappa shape index (κ1) is 25.2. The summed E-state index contributed by atoms with van der Waals surface area (Å²) in [5, 5.41) is 10.6. The number of benzene rings is 1. The normalized spacial score (nSPS) is 14.3. The zero-order chi connectivity index (χ0) is 20.9. The highest BCUT2D eigenvalue weighted by Crippen LogP contribution is 2.30. The maximum absolute atomic E-state index is 12.9. The van der Waals surface area contributed by atoms with Crippen LogP contribution in [0.15, 0.2) is 41.7 Å². The van der Waals surface area contributed by atoms with E-state index >= 15 is 0 Å². The second kappa shape index (κ2) is 10.8. The standard InChI is InChI=1S/C19H27F3N6.HI/c1-13(14-7-6-8-16(9-14)19(20,21)22)26-18(23-2)24-11-17(27(3)4)15-10-25-28(5)12-15;/h6-10,12-13,17H,11H2,1-5H3,(H2,23,24,26);1H. The lowest BCUT2D eigenvalue weighted by Crippen LogP contribution is -2.42. The number of nitrogens with zero attached hydrogens (tertiary/aromatic N) is 4. The number of likely N-dealkylation sites (N-methyl/N-ethyl adjacent to an activating group) is 1. The number of alkyl halides is 3. The molecule has 10 heteroatoms. The van der Waals surface area contributed by atoms with Gasteiger partial charge in [-0.25, -0.2) is 0 Å². The lowest BCUT2D eigenvalue weighted by atomic mass is 10.1. The van der Waals surface area contributed by atoms with Crippen molar-refractivity contribution in [3.8, 4) is 0 Å². The summed E-state index contributed by atoms with van der Waals surface area (Å²) in [6.45, 7) is 2.36. The fraction of sp³-hybridized carbons (Fsp3) is 0.474. The van der Waals surface area contributed by atoms with Crippen LogP contribution in [0.2, 0.25) is 0 Å². The molecule has 0 aliphatic rings. The minimum atomic E-state index is -4.36. The van der Waals surface area contributed by atoms with Gasteiger partial charge in [0.1, 0.15) is 0 Å². The quantitative estimate of drug-likeness (QED) is 0.345. The van der Waals surface area contributed by atoms with Crippen molar-refractivity contribution in [1.29, 1.82) is 0 Å². The van der Waals surface area contributed by atoms with Gasteiger partial charge in [-0.1, -0.05) is 12.1 Å². The van der Waals surface area contributed by atoms with Gasteiger partial charge in [-0.3, -0.25) is 9.67 Å². The van der Waals surface area contributed by atoms with Crippen molar-refractivity contribution in [2.45, 2.75) is 25.2 Å². The van der Waals surface area contributed by atoms with E-state index in [4.69, 9.17) is 0 Å². The molecule has 1 aromatic carbocycles. The third kappa shape index (κ3) is 7.18. The van der Waals surface area contributed by atoms with Crippen molar-refractivity contribution in [1.82, 2.24) is 25.3 Å². The molecule has 0 fully saturated rings. The van der Waals surface area contributed by atoms with E-state index in [1.165, 1.54) is 6.07 Å². The monoisotopic (exact) mass is 524 g/mol. The Morgan fingerprint density at radius 2 is 1.97 bits per heavy atom. The first-order chi connectivity index (χ1) is 13.1. The SMILES string of the molecule is CN=C(NCC(c1cnn(C)c1)N(C)C)NC(C)c1cccc(C(F)(F)F)c1.I. The molecular formula is C19H28F3IN6. The maximum Gasteiger partial charge on any atom is 0.416 e. The van der Waals surface area contributed by atoms with Gasteiger partial charge in [-0.15, -0.1) is 24.0 Å². The Morgan fingerprint density at radius 1 is 1.28 bits per heavy atom. The average molecular weight is 524 g/mol. The molecule has 1 aromatic heterocycles. The Labute approximate surface area is 186 Å². The van der Waals surface area contributed by atoms with Gasteiger partial charge in [0.15, 0.2) is 5.96 Å². The van der Waals surface area contributed by atoms with Crippen molar-refractivity contribution >= 4 is 29.9 Å². The molecule has 0 saturated heterocycles. The molecule has 6 nitrogen and oxygen atoms in total. The van der Waals surface area contributed by atoms with E-state index in [1.54, 1.807) is 24.7 Å². The summed E-state index contributed by atoms with van der Waals surface area (Å²) in [7, 11) is 7.44. The van der Waals surface area contributed by atoms with Crippen molar-refractivity contribution < 1.29 is 13.2 Å². The van der Waals surface area contributed by atoms with Gasteiger partial charge in [-0.2, -0.15) is 18.3 Å². The number of aryl methyl sites for hydroxylation is 1. The number of guanidine groups is 1. The van der Waals surface area contributed by atoms with Gasteiger partial charge in [0, 0.05) is 32.4 Å². The van der Waals surface area contributed by atoms with Gasteiger partial charge in [-0.05, 0) is 38.7 Å². The van der Waals surface area contributed by atoms with E-state index in [0.717, 1.165) is 17.7 Å². The number of aromatic nitrogens is 2. The Bertz CT molecular complexity index is 803. The third-order valence-corrected chi connectivity index (χ3v) is 4.49. The number of halogens is 4. The van der Waals surface area contributed by atoms with Gasteiger partial charge in [0.2, 0.25) is 0 Å². The molecule has 0 radical (unpaired) electrons. The lowest BCUT2D eigenvalue weighted by Gasteiger charge is -2.25. The van der Waals surface area contributed by atoms with Crippen LogP contribution >= 0.6 is 24.0 Å². The zero-order valence-electron chi connectivity index (χ0n) is 17.2. The molecule has 0 spiro atoms. The first-order valence-electron chi connectivity index (χ1n) is 8.91. The van der Waals surface area contributed by atoms with Crippen LogP contribution < -0.4 is 10.6 Å². The van der Waals surface area contributed by atoms with E-state index < -0.39 is 11.7 Å². The van der Waals surface area contributed by atoms with Crippen LogP contribution in [-0.2, 0) is 13.2 Å². The smallest absolute Gasteiger partial charge is 0.354 e. The predicted molar refractivity (Wildman–Crippen MR) is 119 cm³/mol. The van der Waals surface area contributed by atoms with Crippen LogP contribution in [0.5, 0.6) is 0 Å². The second-order valence-corrected chi connectivity index (χ2v) is 6.87. The fourth-order valence-electron chi connectivity index (χ4n) is 2.87. The molecule has 29 heavy (non-hydrogen) atoms. The molecule has 2 aromatic rings. The Morgan fingerprint density at radius 3 is 2.48 bits per heavy atom. The summed E-state index contributed by atoms with van der Waals surface area (Å²) in [6, 6.07) is 5.03. The highest BCUT2D eigenvalue weighted by atomic mass is 127. The number of rotatable bonds is 6. The molecule has 0 aliphatic heterocycles. The molecule has 162 valence electrons. The van der Waals surface area contributed by atoms with E-state index in [2.05, 4.69) is 25.6 Å². The Balaban J connectivity index is 0.00000420. The maximum atomic E-state index is 12.9. The summed E-state index contributed by atoms with van der Waals surface area (Å²) in [5.74, 6) is 0.514. The summed E-state index contributed by atoms with van der Waals surface area (Å²) in [6.07, 6.45) is -0.597. The highest BCUT2D eigenvalue weighted by Gasteiger charge is 2.30. The van der Waals surface area contributed by atoms with E-state index in [9.17, 15) is 13.2 Å². The van der Waals surface area contributed by atoms with Crippen molar-refractivity contribution in [3.63, 3.8) is 0 Å². The van der Waals surface area contributed by atoms with Crippen LogP contribution in [0.25, 0.3) is 0 Å². The number of nitrogens with one attached hydrogen (secondary N) is 2. The predicted octanol–water partition coefficient (Wildman–Crippen LogP) is 3.59. The summed E-state index contributed by atoms with van der Waals surface area (Å²) in [5.41, 5.74) is 0.932. The third-order valence-electron chi connectivity index (χ3n) is 4.49. The number of hydrogen-bond acceptors (Lipinski definition) is 3. The largest absolute Gasteiger partial charge is 0.416 e. The van der Waals surface area contributed by atoms with Crippen molar-refractivity contribution in [2.24, 2.45) is 12.0 Å². The fourth-order valence-corrected chi connectivity index (χ4v) is 2.87. The van der Waals surface area contributed by atoms with Gasteiger partial charge in [0.25, 0.3) is 0 Å². The second-order valence-electron chi connectivity index (χ2n) is 6.87. The molecule has 0 amide bonds. The molecule has 1 heterocycles. The molecule has 0 saturated carbocycles.